The van der Waals surface area contributed by atoms with Crippen LogP contribution < -0.4 is 16.6 Å². The highest BCUT2D eigenvalue weighted by Gasteiger charge is 2.19. The van der Waals surface area contributed by atoms with Gasteiger partial charge >= 0.3 is 11.7 Å². The number of anilines is 1. The van der Waals surface area contributed by atoms with Crippen LogP contribution in [-0.4, -0.2) is 28.1 Å². The van der Waals surface area contributed by atoms with Crippen molar-refractivity contribution in [1.82, 2.24) is 9.13 Å². The van der Waals surface area contributed by atoms with Crippen LogP contribution in [0.15, 0.2) is 63.5 Å². The first-order valence-electron chi connectivity index (χ1n) is 10.1. The molecule has 8 nitrogen and oxygen atoms in total. The molecule has 0 aliphatic heterocycles. The van der Waals surface area contributed by atoms with Crippen LogP contribution in [0.3, 0.4) is 0 Å². The van der Waals surface area contributed by atoms with E-state index in [1.807, 2.05) is 26.0 Å². The summed E-state index contributed by atoms with van der Waals surface area (Å²) in [5, 5.41) is 4.44. The Kier molecular flexibility index (Phi) is 5.97. The van der Waals surface area contributed by atoms with Crippen LogP contribution in [0.4, 0.5) is 5.69 Å². The summed E-state index contributed by atoms with van der Waals surface area (Å²) in [5.41, 5.74) is 2.41. The Bertz CT molecular complexity index is 1500. The third-order valence-electron chi connectivity index (χ3n) is 5.25. The maximum Gasteiger partial charge on any atom is 0.337 e. The van der Waals surface area contributed by atoms with E-state index in [0.717, 1.165) is 15.7 Å². The van der Waals surface area contributed by atoms with Crippen LogP contribution in [0.1, 0.15) is 21.5 Å². The molecular formula is C24H21N3O5S. The molecule has 0 aliphatic carbocycles. The molecular weight excluding hydrogens is 442 g/mol. The fourth-order valence-corrected chi connectivity index (χ4v) is 4.39. The number of hydrogen-bond acceptors (Lipinski definition) is 6. The number of esters is 1. The van der Waals surface area contributed by atoms with Crippen molar-refractivity contribution in [3.63, 3.8) is 0 Å². The fourth-order valence-electron chi connectivity index (χ4n) is 3.56. The molecule has 0 saturated carbocycles. The Morgan fingerprint density at radius 1 is 1.03 bits per heavy atom. The van der Waals surface area contributed by atoms with Crippen molar-refractivity contribution in [2.45, 2.75) is 20.4 Å². The smallest absolute Gasteiger partial charge is 0.337 e. The quantitative estimate of drug-likeness (QED) is 0.458. The number of carbonyl (C=O) groups is 2. The first kappa shape index (κ1) is 22.2. The summed E-state index contributed by atoms with van der Waals surface area (Å²) in [7, 11) is 1.29. The molecule has 0 atom stereocenters. The van der Waals surface area contributed by atoms with E-state index < -0.39 is 23.1 Å². The lowest BCUT2D eigenvalue weighted by molar-refractivity contribution is -0.116. The largest absolute Gasteiger partial charge is 0.465 e. The molecule has 4 aromatic rings. The molecule has 168 valence electrons. The molecule has 0 bridgehead atoms. The van der Waals surface area contributed by atoms with Gasteiger partial charge in [-0.15, -0.1) is 11.3 Å². The zero-order valence-corrected chi connectivity index (χ0v) is 19.1. The van der Waals surface area contributed by atoms with Crippen molar-refractivity contribution < 1.29 is 14.3 Å². The Labute approximate surface area is 192 Å². The Morgan fingerprint density at radius 2 is 1.76 bits per heavy atom. The number of ether oxygens (including phenoxy) is 1. The second-order valence-corrected chi connectivity index (χ2v) is 8.47. The summed E-state index contributed by atoms with van der Waals surface area (Å²) in [6.07, 6.45) is 0. The van der Waals surface area contributed by atoms with Gasteiger partial charge in [-0.25, -0.2) is 14.2 Å². The van der Waals surface area contributed by atoms with Gasteiger partial charge in [-0.1, -0.05) is 12.1 Å². The lowest BCUT2D eigenvalue weighted by atomic mass is 10.1. The first-order chi connectivity index (χ1) is 15.8. The standard InChI is InChI=1S/C24H21N3O5S/c1-14-4-5-15(2)19(12-14)27-22(29)21-18(10-11-33-21)26(24(27)31)13-20(28)25-17-8-6-16(7-9-17)23(30)32-3/h4-12H,13H2,1-3H3,(H,25,28). The minimum atomic E-state index is -0.587. The van der Waals surface area contributed by atoms with E-state index in [9.17, 15) is 19.2 Å². The van der Waals surface area contributed by atoms with E-state index in [2.05, 4.69) is 10.1 Å². The van der Waals surface area contributed by atoms with Gasteiger partial charge in [0.05, 0.1) is 23.9 Å². The van der Waals surface area contributed by atoms with Crippen LogP contribution in [0.2, 0.25) is 0 Å². The van der Waals surface area contributed by atoms with E-state index in [4.69, 9.17) is 0 Å². The predicted octanol–water partition coefficient (Wildman–Crippen LogP) is 3.26. The second-order valence-electron chi connectivity index (χ2n) is 7.55. The summed E-state index contributed by atoms with van der Waals surface area (Å²) in [6, 6.07) is 13.4. The van der Waals surface area contributed by atoms with Gasteiger partial charge in [-0.05, 0) is 66.8 Å². The van der Waals surface area contributed by atoms with E-state index in [-0.39, 0.29) is 6.54 Å². The van der Waals surface area contributed by atoms with Crippen molar-refractivity contribution in [3.05, 3.63) is 91.4 Å². The molecule has 2 aromatic heterocycles. The number of hydrogen-bond donors (Lipinski definition) is 1. The van der Waals surface area contributed by atoms with Crippen LogP contribution >= 0.6 is 11.3 Å². The van der Waals surface area contributed by atoms with Crippen LogP contribution in [-0.2, 0) is 16.1 Å². The number of aromatic nitrogens is 2. The second kappa shape index (κ2) is 8.87. The van der Waals surface area contributed by atoms with Gasteiger partial charge in [-0.2, -0.15) is 0 Å². The monoisotopic (exact) mass is 463 g/mol. The highest BCUT2D eigenvalue weighted by atomic mass is 32.1. The number of aryl methyl sites for hydroxylation is 2. The summed E-state index contributed by atoms with van der Waals surface area (Å²) >= 11 is 1.22. The normalized spacial score (nSPS) is 10.9. The van der Waals surface area contributed by atoms with E-state index in [1.165, 1.54) is 35.1 Å². The van der Waals surface area contributed by atoms with Crippen molar-refractivity contribution in [1.29, 1.82) is 0 Å². The number of carbonyl (C=O) groups excluding carboxylic acids is 2. The Morgan fingerprint density at radius 3 is 2.45 bits per heavy atom. The zero-order valence-electron chi connectivity index (χ0n) is 18.2. The SMILES string of the molecule is COC(=O)c1ccc(NC(=O)Cn2c(=O)n(-c3cc(C)ccc3C)c(=O)c3sccc32)cc1. The maximum atomic E-state index is 13.4. The van der Waals surface area contributed by atoms with Gasteiger partial charge in [0, 0.05) is 5.69 Å². The average molecular weight is 464 g/mol. The number of nitrogens with one attached hydrogen (secondary N) is 1. The third-order valence-corrected chi connectivity index (χ3v) is 6.14. The predicted molar refractivity (Wildman–Crippen MR) is 128 cm³/mol. The number of fused-ring (bicyclic) bond motifs is 1. The van der Waals surface area contributed by atoms with Crippen LogP contribution in [0.25, 0.3) is 15.9 Å². The molecule has 0 saturated heterocycles. The third kappa shape index (κ3) is 4.22. The number of benzene rings is 2. The molecule has 2 aromatic carbocycles. The molecule has 1 amide bonds. The first-order valence-corrected chi connectivity index (χ1v) is 11.0. The van der Waals surface area contributed by atoms with E-state index >= 15 is 0 Å². The van der Waals surface area contributed by atoms with Crippen LogP contribution in [0.5, 0.6) is 0 Å². The molecule has 2 heterocycles. The van der Waals surface area contributed by atoms with Crippen LogP contribution in [0, 0.1) is 13.8 Å². The molecule has 0 unspecified atom stereocenters. The highest BCUT2D eigenvalue weighted by molar-refractivity contribution is 7.17. The average Bonchev–Trinajstić information content (AvgIpc) is 3.29. The van der Waals surface area contributed by atoms with E-state index in [0.29, 0.717) is 27.2 Å². The van der Waals surface area contributed by atoms with Crippen molar-refractivity contribution in [2.75, 3.05) is 12.4 Å². The lowest BCUT2D eigenvalue weighted by Gasteiger charge is -2.14. The molecule has 0 fully saturated rings. The Balaban J connectivity index is 1.72. The minimum Gasteiger partial charge on any atom is -0.465 e. The summed E-state index contributed by atoms with van der Waals surface area (Å²) in [5.74, 6) is -0.922. The minimum absolute atomic E-state index is 0.282. The molecule has 33 heavy (non-hydrogen) atoms. The van der Waals surface area contributed by atoms with Gasteiger partial charge in [0.15, 0.2) is 0 Å². The van der Waals surface area contributed by atoms with Gasteiger partial charge < -0.3 is 10.1 Å². The molecule has 0 spiro atoms. The topological polar surface area (TPSA) is 99.4 Å². The van der Waals surface area contributed by atoms with Gasteiger partial charge in [0.2, 0.25) is 5.91 Å². The summed E-state index contributed by atoms with van der Waals surface area (Å²) in [4.78, 5) is 50.9. The van der Waals surface area contributed by atoms with Crippen molar-refractivity contribution >= 4 is 39.1 Å². The Hall–Kier alpha value is -3.98. The molecule has 0 radical (unpaired) electrons. The molecule has 1 N–H and O–H groups in total. The highest BCUT2D eigenvalue weighted by Crippen LogP contribution is 2.19. The molecule has 9 heteroatoms. The summed E-state index contributed by atoms with van der Waals surface area (Å²) < 4.78 is 7.48. The van der Waals surface area contributed by atoms with E-state index in [1.54, 1.807) is 29.6 Å². The summed E-state index contributed by atoms with van der Waals surface area (Å²) in [6.45, 7) is 3.43. The van der Waals surface area contributed by atoms with Crippen molar-refractivity contribution in [3.8, 4) is 5.69 Å². The van der Waals surface area contributed by atoms with Gasteiger partial charge in [0.25, 0.3) is 5.56 Å². The maximum absolute atomic E-state index is 13.4. The molecule has 4 rings (SSSR count). The number of thiophene rings is 1. The number of methoxy groups -OCH3 is 1. The fraction of sp³-hybridized carbons (Fsp3) is 0.167. The lowest BCUT2D eigenvalue weighted by Crippen LogP contribution is -2.40. The van der Waals surface area contributed by atoms with Gasteiger partial charge in [0.1, 0.15) is 11.2 Å². The molecule has 0 aliphatic rings. The number of nitrogens with zero attached hydrogens (tertiary/aromatic N) is 2. The van der Waals surface area contributed by atoms with Gasteiger partial charge in [-0.3, -0.25) is 14.2 Å². The van der Waals surface area contributed by atoms with Crippen molar-refractivity contribution in [2.24, 2.45) is 0 Å². The zero-order chi connectivity index (χ0) is 23.7. The number of amides is 1. The number of rotatable bonds is 5.